The van der Waals surface area contributed by atoms with Crippen LogP contribution in [-0.2, 0) is 11.2 Å². The Balaban J connectivity index is 1.89. The summed E-state index contributed by atoms with van der Waals surface area (Å²) in [6, 6.07) is 5.86. The number of halogens is 1. The number of amides is 1. The van der Waals surface area contributed by atoms with Crippen LogP contribution in [0.5, 0.6) is 5.75 Å². The van der Waals surface area contributed by atoms with Gasteiger partial charge in [-0.25, -0.2) is 0 Å². The standard InChI is InChI=1S/C17H22BrN3O2S/c1-4-11-7-8-14(13(18)9-11)23-10-15(22)19-17-21-20-16(24-17)12(5-2)6-3/h7-9,12H,4-6,10H2,1-3H3,(H,19,21,22). The van der Waals surface area contributed by atoms with Crippen molar-refractivity contribution in [3.63, 3.8) is 0 Å². The number of anilines is 1. The van der Waals surface area contributed by atoms with Gasteiger partial charge in [-0.2, -0.15) is 0 Å². The van der Waals surface area contributed by atoms with Gasteiger partial charge < -0.3 is 4.74 Å². The molecule has 24 heavy (non-hydrogen) atoms. The lowest BCUT2D eigenvalue weighted by Gasteiger charge is -2.09. The largest absolute Gasteiger partial charge is 0.483 e. The minimum absolute atomic E-state index is 0.0655. The minimum atomic E-state index is -0.242. The first-order valence-electron chi connectivity index (χ1n) is 8.11. The molecule has 0 unspecified atom stereocenters. The Morgan fingerprint density at radius 1 is 1.29 bits per heavy atom. The van der Waals surface area contributed by atoms with E-state index in [4.69, 9.17) is 4.74 Å². The van der Waals surface area contributed by atoms with Crippen LogP contribution in [0.15, 0.2) is 22.7 Å². The lowest BCUT2D eigenvalue weighted by atomic mass is 10.1. The fraction of sp³-hybridized carbons (Fsp3) is 0.471. The highest BCUT2D eigenvalue weighted by Crippen LogP contribution is 2.28. The molecular weight excluding hydrogens is 390 g/mol. The summed E-state index contributed by atoms with van der Waals surface area (Å²) in [7, 11) is 0. The third kappa shape index (κ3) is 5.01. The molecule has 1 aromatic carbocycles. The van der Waals surface area contributed by atoms with Crippen LogP contribution in [-0.4, -0.2) is 22.7 Å². The molecular formula is C17H22BrN3O2S. The van der Waals surface area contributed by atoms with Crippen LogP contribution in [0, 0.1) is 0 Å². The predicted molar refractivity (Wildman–Crippen MR) is 101 cm³/mol. The maximum atomic E-state index is 12.0. The van der Waals surface area contributed by atoms with Crippen LogP contribution in [0.25, 0.3) is 0 Å². The first-order valence-corrected chi connectivity index (χ1v) is 9.72. The quantitative estimate of drug-likeness (QED) is 0.678. The number of hydrogen-bond donors (Lipinski definition) is 1. The van der Waals surface area contributed by atoms with E-state index in [1.165, 1.54) is 16.9 Å². The molecule has 0 radical (unpaired) electrons. The summed E-state index contributed by atoms with van der Waals surface area (Å²) >= 11 is 4.89. The summed E-state index contributed by atoms with van der Waals surface area (Å²) in [6.07, 6.45) is 2.99. The first-order chi connectivity index (χ1) is 11.6. The van der Waals surface area contributed by atoms with Gasteiger partial charge in [-0.1, -0.05) is 38.2 Å². The van der Waals surface area contributed by atoms with Crippen molar-refractivity contribution in [2.75, 3.05) is 11.9 Å². The van der Waals surface area contributed by atoms with Gasteiger partial charge in [0.05, 0.1) is 4.47 Å². The van der Waals surface area contributed by atoms with Crippen molar-refractivity contribution in [1.29, 1.82) is 0 Å². The van der Waals surface area contributed by atoms with Crippen molar-refractivity contribution in [2.24, 2.45) is 0 Å². The Bertz CT molecular complexity index is 686. The van der Waals surface area contributed by atoms with E-state index in [1.54, 1.807) is 0 Å². The zero-order valence-electron chi connectivity index (χ0n) is 14.1. The molecule has 0 aliphatic carbocycles. The molecule has 5 nitrogen and oxygen atoms in total. The van der Waals surface area contributed by atoms with Crippen molar-refractivity contribution >= 4 is 38.3 Å². The first kappa shape index (κ1) is 18.9. The lowest BCUT2D eigenvalue weighted by molar-refractivity contribution is -0.118. The molecule has 0 saturated carbocycles. The highest BCUT2D eigenvalue weighted by molar-refractivity contribution is 9.10. The van der Waals surface area contributed by atoms with Gasteiger partial charge in [-0.05, 0) is 52.9 Å². The summed E-state index contributed by atoms with van der Waals surface area (Å²) in [6.45, 7) is 6.28. The normalized spacial score (nSPS) is 10.9. The highest BCUT2D eigenvalue weighted by Gasteiger charge is 2.15. The third-order valence-electron chi connectivity index (χ3n) is 3.79. The lowest BCUT2D eigenvalue weighted by Crippen LogP contribution is -2.20. The maximum absolute atomic E-state index is 12.0. The molecule has 1 heterocycles. The Hall–Kier alpha value is -1.47. The second-order valence-corrected chi connectivity index (χ2v) is 7.28. The Labute approximate surface area is 155 Å². The predicted octanol–water partition coefficient (Wildman–Crippen LogP) is 4.78. The van der Waals surface area contributed by atoms with Crippen molar-refractivity contribution in [2.45, 2.75) is 46.0 Å². The molecule has 2 rings (SSSR count). The summed E-state index contributed by atoms with van der Waals surface area (Å²) in [4.78, 5) is 12.0. The average Bonchev–Trinajstić information content (AvgIpc) is 3.03. The number of carbonyl (C=O) groups excluding carboxylic acids is 1. The van der Waals surface area contributed by atoms with Crippen LogP contribution in [0.1, 0.15) is 50.1 Å². The van der Waals surface area contributed by atoms with Crippen LogP contribution in [0.4, 0.5) is 5.13 Å². The minimum Gasteiger partial charge on any atom is -0.483 e. The van der Waals surface area contributed by atoms with Gasteiger partial charge in [0.15, 0.2) is 6.61 Å². The van der Waals surface area contributed by atoms with Gasteiger partial charge >= 0.3 is 0 Å². The summed E-state index contributed by atoms with van der Waals surface area (Å²) < 4.78 is 6.41. The fourth-order valence-corrected chi connectivity index (χ4v) is 3.83. The molecule has 1 amide bonds. The van der Waals surface area contributed by atoms with Crippen molar-refractivity contribution in [3.8, 4) is 5.75 Å². The van der Waals surface area contributed by atoms with E-state index in [-0.39, 0.29) is 12.5 Å². The van der Waals surface area contributed by atoms with Gasteiger partial charge in [0.25, 0.3) is 5.91 Å². The number of ether oxygens (including phenoxy) is 1. The van der Waals surface area contributed by atoms with Gasteiger partial charge in [-0.3, -0.25) is 10.1 Å². The second kappa shape index (κ2) is 9.13. The van der Waals surface area contributed by atoms with Gasteiger partial charge in [0, 0.05) is 5.92 Å². The van der Waals surface area contributed by atoms with E-state index < -0.39 is 0 Å². The molecule has 0 saturated heterocycles. The number of benzene rings is 1. The van der Waals surface area contributed by atoms with E-state index in [2.05, 4.69) is 52.2 Å². The smallest absolute Gasteiger partial charge is 0.264 e. The Kier molecular flexibility index (Phi) is 7.17. The number of aromatic nitrogens is 2. The molecule has 7 heteroatoms. The number of nitrogens with zero attached hydrogens (tertiary/aromatic N) is 2. The van der Waals surface area contributed by atoms with Gasteiger partial charge in [-0.15, -0.1) is 10.2 Å². The van der Waals surface area contributed by atoms with Gasteiger partial charge in [0.2, 0.25) is 5.13 Å². The molecule has 2 aromatic rings. The molecule has 0 bridgehead atoms. The zero-order valence-corrected chi connectivity index (χ0v) is 16.5. The highest BCUT2D eigenvalue weighted by atomic mass is 79.9. The molecule has 0 spiro atoms. The average molecular weight is 412 g/mol. The molecule has 0 atom stereocenters. The number of nitrogens with one attached hydrogen (secondary N) is 1. The van der Waals surface area contributed by atoms with Crippen LogP contribution in [0.2, 0.25) is 0 Å². The van der Waals surface area contributed by atoms with Crippen molar-refractivity contribution in [3.05, 3.63) is 33.2 Å². The molecule has 0 aliphatic heterocycles. The fourth-order valence-electron chi connectivity index (χ4n) is 2.27. The number of carbonyl (C=O) groups is 1. The SMILES string of the molecule is CCc1ccc(OCC(=O)Nc2nnc(C(CC)CC)s2)c(Br)c1. The third-order valence-corrected chi connectivity index (χ3v) is 5.41. The summed E-state index contributed by atoms with van der Waals surface area (Å²) in [5.41, 5.74) is 1.21. The number of hydrogen-bond acceptors (Lipinski definition) is 5. The molecule has 1 N–H and O–H groups in total. The number of rotatable bonds is 8. The second-order valence-electron chi connectivity index (χ2n) is 5.41. The van der Waals surface area contributed by atoms with Crippen LogP contribution in [0.3, 0.4) is 0 Å². The zero-order chi connectivity index (χ0) is 17.5. The monoisotopic (exact) mass is 411 g/mol. The van der Waals surface area contributed by atoms with Gasteiger partial charge in [0.1, 0.15) is 10.8 Å². The van der Waals surface area contributed by atoms with E-state index in [0.29, 0.717) is 16.8 Å². The van der Waals surface area contributed by atoms with E-state index in [1.807, 2.05) is 18.2 Å². The topological polar surface area (TPSA) is 64.1 Å². The summed E-state index contributed by atoms with van der Waals surface area (Å²) in [5.74, 6) is 0.809. The van der Waals surface area contributed by atoms with E-state index in [9.17, 15) is 4.79 Å². The van der Waals surface area contributed by atoms with E-state index >= 15 is 0 Å². The van der Waals surface area contributed by atoms with Crippen molar-refractivity contribution in [1.82, 2.24) is 10.2 Å². The molecule has 130 valence electrons. The maximum Gasteiger partial charge on any atom is 0.264 e. The molecule has 0 fully saturated rings. The Morgan fingerprint density at radius 2 is 2.04 bits per heavy atom. The summed E-state index contributed by atoms with van der Waals surface area (Å²) in [5, 5.41) is 12.4. The van der Waals surface area contributed by atoms with Crippen molar-refractivity contribution < 1.29 is 9.53 Å². The molecule has 1 aromatic heterocycles. The van der Waals surface area contributed by atoms with E-state index in [0.717, 1.165) is 28.7 Å². The Morgan fingerprint density at radius 3 is 2.67 bits per heavy atom. The van der Waals surface area contributed by atoms with Crippen LogP contribution >= 0.6 is 27.3 Å². The number of aryl methyl sites for hydroxylation is 1. The van der Waals surface area contributed by atoms with Crippen LogP contribution < -0.4 is 10.1 Å². The molecule has 0 aliphatic rings.